The van der Waals surface area contributed by atoms with E-state index in [0.717, 1.165) is 18.4 Å². The minimum Gasteiger partial charge on any atom is -0.207 e. The number of halogens is 1. The first kappa shape index (κ1) is 23.3. The number of benzene rings is 1. The fourth-order valence-corrected chi connectivity index (χ4v) is 1.52. The van der Waals surface area contributed by atoms with Gasteiger partial charge in [-0.15, -0.1) is 5.92 Å². The number of hydrogen-bond acceptors (Lipinski definition) is 0. The highest BCUT2D eigenvalue weighted by Crippen LogP contribution is 2.18. The zero-order valence-electron chi connectivity index (χ0n) is 17.6. The van der Waals surface area contributed by atoms with Gasteiger partial charge in [0.05, 0.1) is 0 Å². The molecule has 0 N–H and O–H groups in total. The van der Waals surface area contributed by atoms with Crippen LogP contribution in [0.3, 0.4) is 0 Å². The lowest BCUT2D eigenvalue weighted by Crippen LogP contribution is -2.04. The van der Waals surface area contributed by atoms with Crippen LogP contribution in [0.25, 0.3) is 0 Å². The molecule has 0 unspecified atom stereocenters. The predicted octanol–water partition coefficient (Wildman–Crippen LogP) is 7.09. The van der Waals surface area contributed by atoms with Crippen LogP contribution in [0, 0.1) is 45.7 Å². The van der Waals surface area contributed by atoms with Gasteiger partial charge < -0.3 is 0 Å². The Kier molecular flexibility index (Phi) is 9.01. The van der Waals surface area contributed by atoms with Crippen LogP contribution in [0.1, 0.15) is 80.7 Å². The van der Waals surface area contributed by atoms with E-state index in [4.69, 9.17) is 0 Å². The van der Waals surface area contributed by atoms with Gasteiger partial charge in [-0.1, -0.05) is 59.3 Å². The molecule has 1 aromatic carbocycles. The van der Waals surface area contributed by atoms with E-state index in [-0.39, 0.29) is 16.6 Å². The van der Waals surface area contributed by atoms with E-state index in [1.165, 1.54) is 12.1 Å². The summed E-state index contributed by atoms with van der Waals surface area (Å²) in [5.41, 5.74) is 1.60. The van der Waals surface area contributed by atoms with Gasteiger partial charge in [0.1, 0.15) is 5.82 Å². The summed E-state index contributed by atoms with van der Waals surface area (Å²) in [6.07, 6.45) is 1.84. The van der Waals surface area contributed by atoms with E-state index in [9.17, 15) is 4.39 Å². The Morgan fingerprint density at radius 3 is 1.56 bits per heavy atom. The Labute approximate surface area is 155 Å². The van der Waals surface area contributed by atoms with E-state index in [1.807, 2.05) is 0 Å². The summed E-state index contributed by atoms with van der Waals surface area (Å²) in [6.45, 7) is 19.5. The molecule has 0 radical (unpaired) electrons. The van der Waals surface area contributed by atoms with Crippen molar-refractivity contribution in [3.05, 3.63) is 35.6 Å². The first-order valence-electron chi connectivity index (χ1n) is 8.92. The maximum absolute atomic E-state index is 12.5. The quantitative estimate of drug-likeness (QED) is 0.442. The summed E-state index contributed by atoms with van der Waals surface area (Å²) < 4.78 is 12.5. The van der Waals surface area contributed by atoms with Crippen molar-refractivity contribution in [2.24, 2.45) is 16.2 Å². The molecule has 25 heavy (non-hydrogen) atoms. The molecule has 138 valence electrons. The highest BCUT2D eigenvalue weighted by atomic mass is 19.1. The summed E-state index contributed by atoms with van der Waals surface area (Å²) >= 11 is 0. The van der Waals surface area contributed by atoms with E-state index in [2.05, 4.69) is 86.0 Å². The molecule has 0 amide bonds. The second-order valence-electron chi connectivity index (χ2n) is 9.84. The highest BCUT2D eigenvalue weighted by molar-refractivity contribution is 5.34. The van der Waals surface area contributed by atoms with Gasteiger partial charge in [0.25, 0.3) is 0 Å². The fourth-order valence-electron chi connectivity index (χ4n) is 1.52. The molecule has 0 spiro atoms. The summed E-state index contributed by atoms with van der Waals surface area (Å²) in [5, 5.41) is 0. The molecule has 0 atom stereocenters. The number of hydrogen-bond donors (Lipinski definition) is 0. The molecule has 0 nitrogen and oxygen atoms in total. The third-order valence-corrected chi connectivity index (χ3v) is 2.78. The molecule has 0 aromatic heterocycles. The lowest BCUT2D eigenvalue weighted by atomic mass is 9.91. The average molecular weight is 343 g/mol. The van der Waals surface area contributed by atoms with Crippen LogP contribution in [0.15, 0.2) is 24.3 Å². The Balaban J connectivity index is 0.000000477. The molecule has 1 rings (SSSR count). The SMILES string of the molecule is CC(C)(C)C#CCC(C)(C)C.CC(C)(C)CC#Cc1ccc(F)cc1. The lowest BCUT2D eigenvalue weighted by Gasteiger charge is -2.14. The second-order valence-corrected chi connectivity index (χ2v) is 9.84. The molecule has 0 aliphatic carbocycles. The molecule has 1 heteroatoms. The molecular formula is C24H35F. The van der Waals surface area contributed by atoms with E-state index in [0.29, 0.717) is 5.41 Å². The molecule has 0 aliphatic heterocycles. The molecule has 0 fully saturated rings. The van der Waals surface area contributed by atoms with Crippen LogP contribution in [-0.4, -0.2) is 0 Å². The largest absolute Gasteiger partial charge is 0.207 e. The summed E-state index contributed by atoms with van der Waals surface area (Å²) in [4.78, 5) is 0. The fraction of sp³-hybridized carbons (Fsp3) is 0.583. The zero-order chi connectivity index (χ0) is 19.7. The Morgan fingerprint density at radius 1 is 0.720 bits per heavy atom. The topological polar surface area (TPSA) is 0 Å². The minimum atomic E-state index is -0.216. The predicted molar refractivity (Wildman–Crippen MR) is 109 cm³/mol. The van der Waals surface area contributed by atoms with Crippen LogP contribution in [-0.2, 0) is 0 Å². The standard InChI is InChI=1S/C13H15F.C11H20/c1-13(2,3)10-4-5-11-6-8-12(14)9-7-11;1-10(2,3)8-7-9-11(4,5)6/h6-9H,10H2,1-3H3;8H2,1-6H3. The van der Waals surface area contributed by atoms with Gasteiger partial charge in [-0.05, 0) is 55.9 Å². The molecule has 0 bridgehead atoms. The van der Waals surface area contributed by atoms with Crippen molar-refractivity contribution in [1.82, 2.24) is 0 Å². The maximum atomic E-state index is 12.5. The van der Waals surface area contributed by atoms with Gasteiger partial charge in [-0.25, -0.2) is 4.39 Å². The molecule has 0 aliphatic rings. The van der Waals surface area contributed by atoms with Gasteiger partial charge >= 0.3 is 0 Å². The van der Waals surface area contributed by atoms with Crippen LogP contribution in [0.4, 0.5) is 4.39 Å². The van der Waals surface area contributed by atoms with Crippen molar-refractivity contribution >= 4 is 0 Å². The zero-order valence-corrected chi connectivity index (χ0v) is 17.6. The summed E-state index contributed by atoms with van der Waals surface area (Å²) in [6, 6.07) is 6.26. The third kappa shape index (κ3) is 16.9. The monoisotopic (exact) mass is 342 g/mol. The molecular weight excluding hydrogens is 307 g/mol. The summed E-state index contributed by atoms with van der Waals surface area (Å²) in [7, 11) is 0. The normalized spacial score (nSPS) is 11.3. The molecule has 0 heterocycles. The van der Waals surface area contributed by atoms with Gasteiger partial charge in [0.2, 0.25) is 0 Å². The average Bonchev–Trinajstić information content (AvgIpc) is 2.37. The van der Waals surface area contributed by atoms with Gasteiger partial charge in [-0.3, -0.25) is 0 Å². The van der Waals surface area contributed by atoms with Crippen molar-refractivity contribution in [1.29, 1.82) is 0 Å². The molecule has 1 aromatic rings. The first-order chi connectivity index (χ1) is 11.2. The highest BCUT2D eigenvalue weighted by Gasteiger charge is 2.08. The lowest BCUT2D eigenvalue weighted by molar-refractivity contribution is 0.426. The van der Waals surface area contributed by atoms with E-state index >= 15 is 0 Å². The van der Waals surface area contributed by atoms with Crippen LogP contribution >= 0.6 is 0 Å². The van der Waals surface area contributed by atoms with Gasteiger partial charge in [0, 0.05) is 23.8 Å². The Morgan fingerprint density at radius 2 is 1.16 bits per heavy atom. The van der Waals surface area contributed by atoms with E-state index in [1.54, 1.807) is 12.1 Å². The third-order valence-electron chi connectivity index (χ3n) is 2.78. The number of rotatable bonds is 0. The van der Waals surface area contributed by atoms with Crippen LogP contribution < -0.4 is 0 Å². The van der Waals surface area contributed by atoms with Crippen molar-refractivity contribution in [2.75, 3.05) is 0 Å². The minimum absolute atomic E-state index is 0.158. The van der Waals surface area contributed by atoms with Crippen molar-refractivity contribution in [3.63, 3.8) is 0 Å². The first-order valence-corrected chi connectivity index (χ1v) is 8.92. The van der Waals surface area contributed by atoms with Gasteiger partial charge in [0.15, 0.2) is 0 Å². The van der Waals surface area contributed by atoms with Crippen LogP contribution in [0.5, 0.6) is 0 Å². The van der Waals surface area contributed by atoms with Crippen molar-refractivity contribution in [2.45, 2.75) is 75.2 Å². The Bertz CT molecular complexity index is 621. The summed E-state index contributed by atoms with van der Waals surface area (Å²) in [5.74, 6) is 12.3. The van der Waals surface area contributed by atoms with E-state index < -0.39 is 0 Å². The smallest absolute Gasteiger partial charge is 0.123 e. The van der Waals surface area contributed by atoms with Crippen molar-refractivity contribution < 1.29 is 4.39 Å². The second kappa shape index (κ2) is 9.68. The van der Waals surface area contributed by atoms with Crippen molar-refractivity contribution in [3.8, 4) is 23.7 Å². The molecule has 0 saturated carbocycles. The van der Waals surface area contributed by atoms with Gasteiger partial charge in [-0.2, -0.15) is 0 Å². The van der Waals surface area contributed by atoms with Crippen LogP contribution in [0.2, 0.25) is 0 Å². The molecule has 0 saturated heterocycles. The maximum Gasteiger partial charge on any atom is 0.123 e. The Hall–Kier alpha value is -1.73.